The van der Waals surface area contributed by atoms with E-state index in [0.717, 1.165) is 11.6 Å². The summed E-state index contributed by atoms with van der Waals surface area (Å²) in [5.41, 5.74) is -1.62. The Kier molecular flexibility index (Phi) is 5.59. The second-order valence-electron chi connectivity index (χ2n) is 5.43. The number of hydrogen-bond donors (Lipinski definition) is 2. The highest BCUT2D eigenvalue weighted by Gasteiger charge is 2.42. The molecule has 0 aliphatic rings. The van der Waals surface area contributed by atoms with Crippen molar-refractivity contribution >= 4 is 12.1 Å². The molecule has 0 fully saturated rings. The lowest BCUT2D eigenvalue weighted by molar-refractivity contribution is -0.144. The summed E-state index contributed by atoms with van der Waals surface area (Å²) in [7, 11) is 1.29. The highest BCUT2D eigenvalue weighted by molar-refractivity contribution is 5.86. The van der Waals surface area contributed by atoms with Gasteiger partial charge in [0.05, 0.1) is 12.7 Å². The predicted molar refractivity (Wildman–Crippen MR) is 87.7 cm³/mol. The smallest absolute Gasteiger partial charge is 0.408 e. The average Bonchev–Trinajstić information content (AvgIpc) is 2.60. The van der Waals surface area contributed by atoms with E-state index < -0.39 is 23.4 Å². The lowest BCUT2D eigenvalue weighted by Crippen LogP contribution is -2.50. The van der Waals surface area contributed by atoms with Gasteiger partial charge in [0.15, 0.2) is 5.54 Å². The van der Waals surface area contributed by atoms with Crippen LogP contribution in [-0.2, 0) is 21.7 Å². The van der Waals surface area contributed by atoms with Gasteiger partial charge >= 0.3 is 12.1 Å². The van der Waals surface area contributed by atoms with Gasteiger partial charge in [-0.3, -0.25) is 0 Å². The van der Waals surface area contributed by atoms with Gasteiger partial charge in [-0.05, 0) is 24.6 Å². The normalized spacial score (nSPS) is 12.8. The van der Waals surface area contributed by atoms with E-state index in [1.54, 1.807) is 24.3 Å². The number of nitrogens with one attached hydrogen (secondary N) is 1. The van der Waals surface area contributed by atoms with Crippen molar-refractivity contribution in [1.29, 1.82) is 0 Å². The van der Waals surface area contributed by atoms with Crippen LogP contribution in [0.3, 0.4) is 0 Å². The number of hydrogen-bond acceptors (Lipinski definition) is 4. The number of carboxylic acids is 1. The highest BCUT2D eigenvalue weighted by Crippen LogP contribution is 2.32. The number of carboxylic acid groups (broad SMARTS) is 1. The zero-order valence-electron chi connectivity index (χ0n) is 13.8. The number of ether oxygens (including phenoxy) is 2. The van der Waals surface area contributed by atoms with Crippen molar-refractivity contribution in [2.24, 2.45) is 0 Å². The maximum absolute atomic E-state index is 14.3. The number of carbonyl (C=O) groups is 2. The quantitative estimate of drug-likeness (QED) is 0.839. The van der Waals surface area contributed by atoms with Crippen LogP contribution in [0, 0.1) is 5.82 Å². The summed E-state index contributed by atoms with van der Waals surface area (Å²) < 4.78 is 24.3. The summed E-state index contributed by atoms with van der Waals surface area (Å²) in [5.74, 6) is -2.26. The van der Waals surface area contributed by atoms with Crippen molar-refractivity contribution in [3.05, 3.63) is 65.5 Å². The number of alkyl carbamates (subject to hydrolysis) is 1. The summed E-state index contributed by atoms with van der Waals surface area (Å²) in [4.78, 5) is 23.8. The maximum atomic E-state index is 14.3. The van der Waals surface area contributed by atoms with E-state index in [-0.39, 0.29) is 17.9 Å². The Hall–Kier alpha value is -3.09. The van der Waals surface area contributed by atoms with Crippen LogP contribution in [0.15, 0.2) is 48.5 Å². The van der Waals surface area contributed by atoms with Gasteiger partial charge in [0.25, 0.3) is 0 Å². The zero-order chi connectivity index (χ0) is 18.4. The molecule has 0 spiro atoms. The number of benzene rings is 2. The van der Waals surface area contributed by atoms with E-state index in [2.05, 4.69) is 5.32 Å². The van der Waals surface area contributed by atoms with Gasteiger partial charge in [-0.15, -0.1) is 0 Å². The van der Waals surface area contributed by atoms with Crippen LogP contribution >= 0.6 is 0 Å². The van der Waals surface area contributed by atoms with Gasteiger partial charge < -0.3 is 19.9 Å². The molecule has 2 aromatic carbocycles. The van der Waals surface area contributed by atoms with Crippen molar-refractivity contribution in [2.45, 2.75) is 19.1 Å². The first kappa shape index (κ1) is 18.3. The minimum atomic E-state index is -2.07. The molecule has 0 aliphatic carbocycles. The van der Waals surface area contributed by atoms with E-state index >= 15 is 0 Å². The Balaban J connectivity index is 2.23. The molecule has 2 N–H and O–H groups in total. The van der Waals surface area contributed by atoms with Gasteiger partial charge in [0.2, 0.25) is 0 Å². The SMILES string of the molecule is COc1cccc(F)c1C(C)(NC(=O)OCc1ccccc1)C(=O)O. The number of carbonyl (C=O) groups excluding carboxylic acids is 1. The fourth-order valence-electron chi connectivity index (χ4n) is 2.35. The van der Waals surface area contributed by atoms with E-state index in [0.29, 0.717) is 0 Å². The van der Waals surface area contributed by atoms with E-state index in [1.807, 2.05) is 6.07 Å². The number of rotatable bonds is 6. The first-order chi connectivity index (χ1) is 11.9. The topological polar surface area (TPSA) is 84.9 Å². The Labute approximate surface area is 144 Å². The van der Waals surface area contributed by atoms with Gasteiger partial charge in [-0.1, -0.05) is 36.4 Å². The summed E-state index contributed by atoms with van der Waals surface area (Å²) >= 11 is 0. The monoisotopic (exact) mass is 347 g/mol. The number of methoxy groups -OCH3 is 1. The lowest BCUT2D eigenvalue weighted by atomic mass is 9.90. The number of halogens is 1. The third-order valence-corrected chi connectivity index (χ3v) is 3.69. The summed E-state index contributed by atoms with van der Waals surface area (Å²) in [6.45, 7) is 1.12. The Morgan fingerprint density at radius 3 is 2.44 bits per heavy atom. The molecule has 2 rings (SSSR count). The third kappa shape index (κ3) is 4.06. The molecule has 0 saturated carbocycles. The van der Waals surface area contributed by atoms with Crippen LogP contribution in [0.2, 0.25) is 0 Å². The van der Waals surface area contributed by atoms with E-state index in [4.69, 9.17) is 9.47 Å². The molecule has 0 radical (unpaired) electrons. The molecule has 1 atom stereocenters. The van der Waals surface area contributed by atoms with Crippen LogP contribution in [0.1, 0.15) is 18.1 Å². The molecule has 0 aromatic heterocycles. The first-order valence-corrected chi connectivity index (χ1v) is 7.43. The molecular weight excluding hydrogens is 329 g/mol. The van der Waals surface area contributed by atoms with Gasteiger partial charge in [-0.25, -0.2) is 14.0 Å². The number of amides is 1. The molecule has 7 heteroatoms. The minimum Gasteiger partial charge on any atom is -0.496 e. The lowest BCUT2D eigenvalue weighted by Gasteiger charge is -2.28. The first-order valence-electron chi connectivity index (χ1n) is 7.43. The highest BCUT2D eigenvalue weighted by atomic mass is 19.1. The number of aliphatic carboxylic acids is 1. The van der Waals surface area contributed by atoms with Gasteiger partial charge in [0, 0.05) is 0 Å². The van der Waals surface area contributed by atoms with Crippen LogP contribution in [-0.4, -0.2) is 24.3 Å². The summed E-state index contributed by atoms with van der Waals surface area (Å²) in [5, 5.41) is 11.8. The van der Waals surface area contributed by atoms with Crippen LogP contribution < -0.4 is 10.1 Å². The largest absolute Gasteiger partial charge is 0.496 e. The molecule has 0 heterocycles. The van der Waals surface area contributed by atoms with Crippen LogP contribution in [0.4, 0.5) is 9.18 Å². The minimum absolute atomic E-state index is 0.00765. The average molecular weight is 347 g/mol. The Morgan fingerprint density at radius 1 is 1.16 bits per heavy atom. The van der Waals surface area contributed by atoms with Crippen molar-refractivity contribution in [3.8, 4) is 5.75 Å². The molecule has 1 unspecified atom stereocenters. The molecular formula is C18H18FNO5. The van der Waals surface area contributed by atoms with Gasteiger partial charge in [0.1, 0.15) is 18.2 Å². The summed E-state index contributed by atoms with van der Waals surface area (Å²) in [6.07, 6.45) is -0.987. The molecule has 25 heavy (non-hydrogen) atoms. The maximum Gasteiger partial charge on any atom is 0.408 e. The molecule has 0 saturated heterocycles. The molecule has 0 bridgehead atoms. The Morgan fingerprint density at radius 2 is 1.84 bits per heavy atom. The summed E-state index contributed by atoms with van der Waals surface area (Å²) in [6, 6.07) is 12.8. The fourth-order valence-corrected chi connectivity index (χ4v) is 2.35. The second-order valence-corrected chi connectivity index (χ2v) is 5.43. The van der Waals surface area contributed by atoms with E-state index in [1.165, 1.54) is 26.2 Å². The zero-order valence-corrected chi connectivity index (χ0v) is 13.8. The standard InChI is InChI=1S/C18H18FNO5/c1-18(16(21)22,15-13(19)9-6-10-14(15)24-2)20-17(23)25-11-12-7-4-3-5-8-12/h3-10H,11H2,1-2H3,(H,20,23)(H,21,22). The van der Waals surface area contributed by atoms with Crippen molar-refractivity contribution in [2.75, 3.05) is 7.11 Å². The van der Waals surface area contributed by atoms with Crippen LogP contribution in [0.5, 0.6) is 5.75 Å². The molecule has 1 amide bonds. The molecule has 2 aromatic rings. The second kappa shape index (κ2) is 7.65. The van der Waals surface area contributed by atoms with Crippen molar-refractivity contribution in [1.82, 2.24) is 5.32 Å². The van der Waals surface area contributed by atoms with Gasteiger partial charge in [-0.2, -0.15) is 0 Å². The van der Waals surface area contributed by atoms with E-state index in [9.17, 15) is 19.1 Å². The van der Waals surface area contributed by atoms with Crippen molar-refractivity contribution in [3.63, 3.8) is 0 Å². The molecule has 0 aliphatic heterocycles. The van der Waals surface area contributed by atoms with Crippen LogP contribution in [0.25, 0.3) is 0 Å². The van der Waals surface area contributed by atoms with Crippen molar-refractivity contribution < 1.29 is 28.6 Å². The molecule has 6 nitrogen and oxygen atoms in total. The Bertz CT molecular complexity index is 765. The third-order valence-electron chi connectivity index (χ3n) is 3.69. The fraction of sp³-hybridized carbons (Fsp3) is 0.222. The molecule has 132 valence electrons. The predicted octanol–water partition coefficient (Wildman–Crippen LogP) is 3.06.